The molecule has 3 N–H and O–H groups in total. The second-order valence-electron chi connectivity index (χ2n) is 28.6. The van der Waals surface area contributed by atoms with Crippen LogP contribution in [0.3, 0.4) is 0 Å². The summed E-state index contributed by atoms with van der Waals surface area (Å²) in [5, 5.41) is 10.6. The topological polar surface area (TPSA) is 237 Å². The third-order valence-electron chi connectivity index (χ3n) is 18.3. The van der Waals surface area contributed by atoms with Gasteiger partial charge < -0.3 is 33.8 Å². The highest BCUT2D eigenvalue weighted by molar-refractivity contribution is 7.47. The predicted octanol–water partition coefficient (Wildman–Crippen LogP) is 23.3. The summed E-state index contributed by atoms with van der Waals surface area (Å²) in [6.07, 6.45) is 61.2. The molecule has 576 valence electrons. The van der Waals surface area contributed by atoms with Crippen LogP contribution in [-0.4, -0.2) is 96.7 Å². The molecule has 0 bridgehead atoms. The van der Waals surface area contributed by atoms with Crippen LogP contribution >= 0.6 is 15.6 Å². The normalized spacial score (nSPS) is 13.9. The standard InChI is InChI=1S/C78H152O17P2/c1-6-9-12-15-18-21-24-27-29-30-31-32-33-35-38-41-44-47-54-59-64-77(82)94-73(67-88-75(80)61-56-51-45-42-39-37-34-28-25-22-19-16-13-10-7-2)69-92-96(84,85)90-65-72(79)66-91-97(86,87)93-70-74(68-89-76(81)62-57-52-49-48-50-55-60-71(4)5)95-78(83)63-58-53-46-43-40-36-26-23-20-17-14-11-8-3/h71-74,79H,6-70H2,1-5H3,(H,84,85)(H,86,87)/t72-,73-,74-/m1/s1. The van der Waals surface area contributed by atoms with Crippen molar-refractivity contribution in [1.29, 1.82) is 0 Å². The monoisotopic (exact) mass is 1420 g/mol. The molecule has 0 fully saturated rings. The molecule has 2 unspecified atom stereocenters. The van der Waals surface area contributed by atoms with Gasteiger partial charge in [-0.15, -0.1) is 0 Å². The number of phosphoric ester groups is 2. The number of esters is 4. The van der Waals surface area contributed by atoms with E-state index in [1.807, 2.05) is 0 Å². The molecule has 0 aromatic carbocycles. The van der Waals surface area contributed by atoms with Gasteiger partial charge in [0, 0.05) is 25.7 Å². The molecule has 0 saturated heterocycles. The number of phosphoric acid groups is 2. The molecule has 0 heterocycles. The predicted molar refractivity (Wildman–Crippen MR) is 395 cm³/mol. The average molecular weight is 1420 g/mol. The van der Waals surface area contributed by atoms with E-state index < -0.39 is 97.5 Å². The Hall–Kier alpha value is -1.94. The molecular weight excluding hydrogens is 1270 g/mol. The molecule has 0 saturated carbocycles. The lowest BCUT2D eigenvalue weighted by Crippen LogP contribution is -2.30. The average Bonchev–Trinajstić information content (AvgIpc) is 1.23. The Morgan fingerprint density at radius 3 is 0.701 bits per heavy atom. The summed E-state index contributed by atoms with van der Waals surface area (Å²) in [4.78, 5) is 72.8. The van der Waals surface area contributed by atoms with E-state index in [1.165, 1.54) is 231 Å². The van der Waals surface area contributed by atoms with E-state index >= 15 is 0 Å². The van der Waals surface area contributed by atoms with Crippen molar-refractivity contribution in [1.82, 2.24) is 0 Å². The van der Waals surface area contributed by atoms with E-state index in [0.29, 0.717) is 31.6 Å². The zero-order valence-electron chi connectivity index (χ0n) is 63.2. The van der Waals surface area contributed by atoms with Gasteiger partial charge in [-0.1, -0.05) is 362 Å². The molecule has 97 heavy (non-hydrogen) atoms. The highest BCUT2D eigenvalue weighted by Gasteiger charge is 2.30. The summed E-state index contributed by atoms with van der Waals surface area (Å²) in [6, 6.07) is 0. The fourth-order valence-electron chi connectivity index (χ4n) is 12.1. The first-order valence-corrected chi connectivity index (χ1v) is 43.6. The van der Waals surface area contributed by atoms with Gasteiger partial charge in [-0.3, -0.25) is 37.3 Å². The lowest BCUT2D eigenvalue weighted by molar-refractivity contribution is -0.161. The van der Waals surface area contributed by atoms with E-state index in [4.69, 9.17) is 37.0 Å². The van der Waals surface area contributed by atoms with Crippen molar-refractivity contribution in [2.24, 2.45) is 5.92 Å². The van der Waals surface area contributed by atoms with Crippen molar-refractivity contribution in [2.75, 3.05) is 39.6 Å². The first-order valence-electron chi connectivity index (χ1n) is 40.6. The number of carbonyl (C=O) groups is 4. The van der Waals surface area contributed by atoms with E-state index in [0.717, 1.165) is 96.3 Å². The second-order valence-corrected chi connectivity index (χ2v) is 31.5. The molecule has 0 aliphatic rings. The second kappa shape index (κ2) is 71.1. The zero-order chi connectivity index (χ0) is 71.2. The molecule has 0 amide bonds. The lowest BCUT2D eigenvalue weighted by atomic mass is 10.0. The van der Waals surface area contributed by atoms with Crippen molar-refractivity contribution in [3.63, 3.8) is 0 Å². The first kappa shape index (κ1) is 95.1. The van der Waals surface area contributed by atoms with Crippen LogP contribution in [0.25, 0.3) is 0 Å². The van der Waals surface area contributed by atoms with Crippen LogP contribution in [0, 0.1) is 5.92 Å². The van der Waals surface area contributed by atoms with Crippen molar-refractivity contribution < 1.29 is 80.2 Å². The molecule has 0 aromatic rings. The fraction of sp³-hybridized carbons (Fsp3) is 0.949. The number of carbonyl (C=O) groups excluding carboxylic acids is 4. The van der Waals surface area contributed by atoms with Crippen molar-refractivity contribution in [2.45, 2.75) is 432 Å². The maximum atomic E-state index is 13.1. The highest BCUT2D eigenvalue weighted by Crippen LogP contribution is 2.45. The van der Waals surface area contributed by atoms with Crippen LogP contribution in [0.2, 0.25) is 0 Å². The van der Waals surface area contributed by atoms with Gasteiger partial charge in [-0.05, 0) is 31.6 Å². The number of unbranched alkanes of at least 4 members (excludes halogenated alkanes) is 50. The van der Waals surface area contributed by atoms with Gasteiger partial charge in [0.1, 0.15) is 19.3 Å². The number of ether oxygens (including phenoxy) is 4. The third-order valence-corrected chi connectivity index (χ3v) is 20.2. The van der Waals surface area contributed by atoms with Crippen molar-refractivity contribution in [3.05, 3.63) is 0 Å². The number of hydrogen-bond acceptors (Lipinski definition) is 15. The highest BCUT2D eigenvalue weighted by atomic mass is 31.2. The third kappa shape index (κ3) is 72.2. The van der Waals surface area contributed by atoms with Crippen LogP contribution < -0.4 is 0 Å². The molecule has 17 nitrogen and oxygen atoms in total. The Kier molecular flexibility index (Phi) is 69.6. The minimum atomic E-state index is -4.96. The minimum Gasteiger partial charge on any atom is -0.462 e. The van der Waals surface area contributed by atoms with Gasteiger partial charge in [0.15, 0.2) is 12.2 Å². The first-order chi connectivity index (χ1) is 47.0. The number of hydrogen-bond donors (Lipinski definition) is 3. The zero-order valence-corrected chi connectivity index (χ0v) is 65.0. The maximum absolute atomic E-state index is 13.1. The molecule has 0 aromatic heterocycles. The van der Waals surface area contributed by atoms with Crippen LogP contribution in [-0.2, 0) is 65.4 Å². The van der Waals surface area contributed by atoms with Crippen LogP contribution in [0.5, 0.6) is 0 Å². The van der Waals surface area contributed by atoms with E-state index in [9.17, 15) is 43.2 Å². The van der Waals surface area contributed by atoms with Crippen LogP contribution in [0.4, 0.5) is 0 Å². The summed E-state index contributed by atoms with van der Waals surface area (Å²) in [5.74, 6) is -1.43. The minimum absolute atomic E-state index is 0.107. The Bertz CT molecular complexity index is 1860. The largest absolute Gasteiger partial charge is 0.472 e. The van der Waals surface area contributed by atoms with E-state index in [2.05, 4.69) is 34.6 Å². The SMILES string of the molecule is CCCCCCCCCCCCCCCCCCCCCCC(=O)O[C@H](COC(=O)CCCCCCCCCCCCCCCCC)COP(=O)(O)OC[C@@H](O)COP(=O)(O)OC[C@@H](COC(=O)CCCCCCCCC(C)C)OC(=O)CCCCCCCCCCCCCCC. The molecule has 0 radical (unpaired) electrons. The number of aliphatic hydroxyl groups is 1. The van der Waals surface area contributed by atoms with Gasteiger partial charge in [-0.25, -0.2) is 9.13 Å². The summed E-state index contributed by atoms with van der Waals surface area (Å²) >= 11 is 0. The fourth-order valence-corrected chi connectivity index (χ4v) is 13.6. The molecule has 0 aliphatic heterocycles. The Balaban J connectivity index is 5.21. The van der Waals surface area contributed by atoms with Crippen LogP contribution in [0.15, 0.2) is 0 Å². The van der Waals surface area contributed by atoms with Gasteiger partial charge in [-0.2, -0.15) is 0 Å². The molecule has 5 atom stereocenters. The summed E-state index contributed by atoms with van der Waals surface area (Å²) in [7, 11) is -9.91. The molecular formula is C78H152O17P2. The quantitative estimate of drug-likeness (QED) is 0.0222. The molecule has 19 heteroatoms. The Morgan fingerprint density at radius 2 is 0.474 bits per heavy atom. The molecule has 0 spiro atoms. The van der Waals surface area contributed by atoms with Gasteiger partial charge >= 0.3 is 39.5 Å². The maximum Gasteiger partial charge on any atom is 0.472 e. The lowest BCUT2D eigenvalue weighted by Gasteiger charge is -2.21. The number of aliphatic hydroxyl groups excluding tert-OH is 1. The smallest absolute Gasteiger partial charge is 0.462 e. The number of rotatable bonds is 78. The van der Waals surface area contributed by atoms with Crippen LogP contribution in [0.1, 0.15) is 413 Å². The van der Waals surface area contributed by atoms with Gasteiger partial charge in [0.25, 0.3) is 0 Å². The van der Waals surface area contributed by atoms with Gasteiger partial charge in [0.05, 0.1) is 26.4 Å². The Morgan fingerprint density at radius 1 is 0.278 bits per heavy atom. The summed E-state index contributed by atoms with van der Waals surface area (Å²) in [5.41, 5.74) is 0. The van der Waals surface area contributed by atoms with E-state index in [-0.39, 0.29) is 25.7 Å². The summed E-state index contributed by atoms with van der Waals surface area (Å²) < 4.78 is 68.6. The van der Waals surface area contributed by atoms with Gasteiger partial charge in [0.2, 0.25) is 0 Å². The summed E-state index contributed by atoms with van der Waals surface area (Å²) in [6.45, 7) is 7.23. The molecule has 0 rings (SSSR count). The van der Waals surface area contributed by atoms with Crippen molar-refractivity contribution in [3.8, 4) is 0 Å². The Labute approximate surface area is 594 Å². The van der Waals surface area contributed by atoms with E-state index in [1.54, 1.807) is 0 Å². The molecule has 0 aliphatic carbocycles. The van der Waals surface area contributed by atoms with Crippen molar-refractivity contribution >= 4 is 39.5 Å².